The lowest BCUT2D eigenvalue weighted by molar-refractivity contribution is -0.0232. The van der Waals surface area contributed by atoms with E-state index in [9.17, 15) is 4.39 Å². The normalized spacial score (nSPS) is 23.8. The Hall–Kier alpha value is -0.575. The van der Waals surface area contributed by atoms with E-state index in [-0.39, 0.29) is 16.7 Å². The Kier molecular flexibility index (Phi) is 3.48. The van der Waals surface area contributed by atoms with Crippen LogP contribution >= 0.6 is 11.6 Å². The van der Waals surface area contributed by atoms with Gasteiger partial charge >= 0.3 is 7.12 Å². The van der Waals surface area contributed by atoms with Crippen molar-refractivity contribution in [2.24, 2.45) is 0 Å². The molecule has 0 radical (unpaired) electrons. The molecule has 2 nitrogen and oxygen atoms in total. The van der Waals surface area contributed by atoms with E-state index in [1.54, 1.807) is 12.1 Å². The van der Waals surface area contributed by atoms with Crippen LogP contribution in [0.5, 0.6) is 0 Å². The summed E-state index contributed by atoms with van der Waals surface area (Å²) in [6.07, 6.45) is 0.813. The molecule has 1 aromatic rings. The molecule has 1 aliphatic rings. The third-order valence-electron chi connectivity index (χ3n) is 2.80. The Morgan fingerprint density at radius 3 is 2.82 bits per heavy atom. The Morgan fingerprint density at radius 2 is 2.18 bits per heavy atom. The zero-order valence-corrected chi connectivity index (χ0v) is 10.9. The van der Waals surface area contributed by atoms with Gasteiger partial charge in [0.1, 0.15) is 5.82 Å². The van der Waals surface area contributed by atoms with E-state index in [0.29, 0.717) is 5.46 Å². The second-order valence-electron chi connectivity index (χ2n) is 5.00. The van der Waals surface area contributed by atoms with Crippen LogP contribution in [0.3, 0.4) is 0 Å². The van der Waals surface area contributed by atoms with E-state index in [1.807, 2.05) is 20.8 Å². The quantitative estimate of drug-likeness (QED) is 0.719. The largest absolute Gasteiger partial charge is 0.497 e. The molecule has 1 aliphatic heterocycles. The third-order valence-corrected chi connectivity index (χ3v) is 3.09. The van der Waals surface area contributed by atoms with Gasteiger partial charge in [-0.25, -0.2) is 4.39 Å². The highest BCUT2D eigenvalue weighted by molar-refractivity contribution is 6.62. The van der Waals surface area contributed by atoms with E-state index < -0.39 is 12.9 Å². The molecule has 1 aromatic carbocycles. The smallest absolute Gasteiger partial charge is 0.405 e. The topological polar surface area (TPSA) is 18.5 Å². The molecule has 0 N–H and O–H groups in total. The van der Waals surface area contributed by atoms with E-state index >= 15 is 0 Å². The maximum absolute atomic E-state index is 13.9. The lowest BCUT2D eigenvalue weighted by atomic mass is 9.74. The van der Waals surface area contributed by atoms with E-state index in [4.69, 9.17) is 20.9 Å². The fourth-order valence-corrected chi connectivity index (χ4v) is 2.34. The van der Waals surface area contributed by atoms with Gasteiger partial charge < -0.3 is 9.31 Å². The Morgan fingerprint density at radius 1 is 1.47 bits per heavy atom. The average Bonchev–Trinajstić information content (AvgIpc) is 2.19. The summed E-state index contributed by atoms with van der Waals surface area (Å²) in [5.41, 5.74) is 0.0361. The first-order valence-corrected chi connectivity index (χ1v) is 6.04. The molecule has 0 aromatic heterocycles. The lowest BCUT2D eigenvalue weighted by Gasteiger charge is -2.38. The van der Waals surface area contributed by atoms with E-state index in [0.717, 1.165) is 6.42 Å². The summed E-state index contributed by atoms with van der Waals surface area (Å²) in [6.45, 7) is 5.91. The Labute approximate surface area is 106 Å². The number of benzene rings is 1. The van der Waals surface area contributed by atoms with Crippen LogP contribution in [-0.2, 0) is 9.31 Å². The minimum Gasteiger partial charge on any atom is -0.405 e. The predicted octanol–water partition coefficient (Wildman–Crippen LogP) is 2.78. The predicted molar refractivity (Wildman–Crippen MR) is 67.1 cm³/mol. The van der Waals surface area contributed by atoms with Gasteiger partial charge in [0.15, 0.2) is 0 Å². The molecular formula is C12H15BClFO2. The second-order valence-corrected chi connectivity index (χ2v) is 5.41. The van der Waals surface area contributed by atoms with Crippen LogP contribution in [0.1, 0.15) is 27.2 Å². The molecule has 1 saturated heterocycles. The zero-order chi connectivity index (χ0) is 12.6. The van der Waals surface area contributed by atoms with Crippen LogP contribution in [0.4, 0.5) is 4.39 Å². The van der Waals surface area contributed by atoms with Crippen LogP contribution in [0.2, 0.25) is 5.02 Å². The summed E-state index contributed by atoms with van der Waals surface area (Å²) in [6, 6.07) is 4.84. The van der Waals surface area contributed by atoms with Gasteiger partial charge in [-0.3, -0.25) is 0 Å². The highest BCUT2D eigenvalue weighted by atomic mass is 35.5. The molecule has 0 spiro atoms. The van der Waals surface area contributed by atoms with Crippen molar-refractivity contribution in [1.29, 1.82) is 0 Å². The van der Waals surface area contributed by atoms with Crippen molar-refractivity contribution >= 4 is 24.2 Å². The summed E-state index contributed by atoms with van der Waals surface area (Å²) in [7, 11) is -0.688. The summed E-state index contributed by atoms with van der Waals surface area (Å²) in [5, 5.41) is 0.0886. The molecule has 2 rings (SSSR count). The van der Waals surface area contributed by atoms with E-state index in [1.165, 1.54) is 6.07 Å². The molecule has 1 heterocycles. The van der Waals surface area contributed by atoms with Crippen molar-refractivity contribution in [2.45, 2.75) is 38.9 Å². The Balaban J connectivity index is 2.30. The molecule has 92 valence electrons. The van der Waals surface area contributed by atoms with Gasteiger partial charge in [-0.2, -0.15) is 0 Å². The van der Waals surface area contributed by atoms with Gasteiger partial charge in [-0.15, -0.1) is 0 Å². The second kappa shape index (κ2) is 4.60. The van der Waals surface area contributed by atoms with E-state index in [2.05, 4.69) is 0 Å². The van der Waals surface area contributed by atoms with Crippen LogP contribution in [0.15, 0.2) is 18.2 Å². The lowest BCUT2D eigenvalue weighted by Crippen LogP contribution is -2.52. The van der Waals surface area contributed by atoms with Crippen LogP contribution in [-0.4, -0.2) is 18.8 Å². The minimum atomic E-state index is -0.688. The average molecular weight is 257 g/mol. The summed E-state index contributed by atoms with van der Waals surface area (Å²) in [5.74, 6) is -0.468. The van der Waals surface area contributed by atoms with Crippen LogP contribution < -0.4 is 5.46 Å². The first kappa shape index (κ1) is 12.9. The fourth-order valence-electron chi connectivity index (χ4n) is 2.16. The first-order chi connectivity index (χ1) is 7.89. The number of halogens is 2. The van der Waals surface area contributed by atoms with Gasteiger partial charge in [0.25, 0.3) is 0 Å². The molecule has 5 heteroatoms. The number of hydrogen-bond acceptors (Lipinski definition) is 2. The molecule has 1 unspecified atom stereocenters. The maximum atomic E-state index is 13.9. The summed E-state index contributed by atoms with van der Waals surface area (Å²) < 4.78 is 25.2. The monoisotopic (exact) mass is 256 g/mol. The van der Waals surface area contributed by atoms with Gasteiger partial charge in [0, 0.05) is 11.6 Å². The SMILES string of the molecule is CC1CC(C)(C)OB(c2cccc(Cl)c2F)O1. The number of hydrogen-bond donors (Lipinski definition) is 0. The van der Waals surface area contributed by atoms with Gasteiger partial charge in [-0.1, -0.05) is 23.7 Å². The molecule has 0 aliphatic carbocycles. The van der Waals surface area contributed by atoms with Gasteiger partial charge in [-0.05, 0) is 33.3 Å². The highest BCUT2D eigenvalue weighted by Crippen LogP contribution is 2.26. The van der Waals surface area contributed by atoms with Crippen molar-refractivity contribution in [2.75, 3.05) is 0 Å². The number of rotatable bonds is 1. The van der Waals surface area contributed by atoms with Gasteiger partial charge in [0.2, 0.25) is 0 Å². The molecule has 0 amide bonds. The summed E-state index contributed by atoms with van der Waals surface area (Å²) in [4.78, 5) is 0. The van der Waals surface area contributed by atoms with Crippen LogP contribution in [0, 0.1) is 5.82 Å². The van der Waals surface area contributed by atoms with Crippen molar-refractivity contribution in [3.8, 4) is 0 Å². The van der Waals surface area contributed by atoms with Crippen molar-refractivity contribution in [3.05, 3.63) is 29.0 Å². The first-order valence-electron chi connectivity index (χ1n) is 5.66. The highest BCUT2D eigenvalue weighted by Gasteiger charge is 2.39. The Bertz CT molecular complexity index is 425. The van der Waals surface area contributed by atoms with Crippen LogP contribution in [0.25, 0.3) is 0 Å². The molecule has 1 fully saturated rings. The molecular weight excluding hydrogens is 241 g/mol. The zero-order valence-electron chi connectivity index (χ0n) is 10.2. The molecule has 0 saturated carbocycles. The minimum absolute atomic E-state index is 0.0298. The van der Waals surface area contributed by atoms with Crippen molar-refractivity contribution in [1.82, 2.24) is 0 Å². The summed E-state index contributed by atoms with van der Waals surface area (Å²) >= 11 is 5.75. The maximum Gasteiger partial charge on any atom is 0.497 e. The van der Waals surface area contributed by atoms with Gasteiger partial charge in [0.05, 0.1) is 10.6 Å². The molecule has 0 bridgehead atoms. The standard InChI is InChI=1S/C12H15BClFO2/c1-8-7-12(2,3)17-13(16-8)9-5-4-6-10(14)11(9)15/h4-6,8H,7H2,1-3H3. The molecule has 17 heavy (non-hydrogen) atoms. The van der Waals surface area contributed by atoms with Crippen molar-refractivity contribution in [3.63, 3.8) is 0 Å². The fraction of sp³-hybridized carbons (Fsp3) is 0.500. The van der Waals surface area contributed by atoms with Crippen molar-refractivity contribution < 1.29 is 13.7 Å². The third kappa shape index (κ3) is 2.82. The molecule has 1 atom stereocenters.